The van der Waals surface area contributed by atoms with Crippen LogP contribution in [0.15, 0.2) is 30.3 Å². The summed E-state index contributed by atoms with van der Waals surface area (Å²) in [5.41, 5.74) is -3.07. The maximum Gasteiger partial charge on any atom is 0.409 e. The standard InChI is InChI=1S/C13H15F3O2/c1-3-9(2)12(11(17)18,13(14,15)16)10-7-5-4-6-8-10/h4-9H,3H2,1-2H3,(H,17,18). The first-order valence-electron chi connectivity index (χ1n) is 5.64. The normalized spacial score (nSPS) is 16.9. The van der Waals surface area contributed by atoms with Gasteiger partial charge in [0, 0.05) is 0 Å². The minimum Gasteiger partial charge on any atom is -0.480 e. The maximum absolute atomic E-state index is 13.4. The first-order chi connectivity index (χ1) is 8.28. The van der Waals surface area contributed by atoms with E-state index in [0.29, 0.717) is 0 Å². The van der Waals surface area contributed by atoms with Gasteiger partial charge in [-0.2, -0.15) is 13.2 Å². The lowest BCUT2D eigenvalue weighted by Gasteiger charge is -2.36. The lowest BCUT2D eigenvalue weighted by atomic mass is 9.69. The lowest BCUT2D eigenvalue weighted by Crippen LogP contribution is -2.53. The fourth-order valence-electron chi connectivity index (χ4n) is 2.19. The van der Waals surface area contributed by atoms with E-state index in [0.717, 1.165) is 0 Å². The summed E-state index contributed by atoms with van der Waals surface area (Å²) in [6.07, 6.45) is -4.71. The molecule has 1 aromatic carbocycles. The predicted molar refractivity (Wildman–Crippen MR) is 61.3 cm³/mol. The van der Waals surface area contributed by atoms with Crippen LogP contribution in [0.1, 0.15) is 25.8 Å². The highest BCUT2D eigenvalue weighted by Crippen LogP contribution is 2.47. The Balaban J connectivity index is 3.55. The summed E-state index contributed by atoms with van der Waals surface area (Å²) < 4.78 is 40.1. The van der Waals surface area contributed by atoms with Crippen LogP contribution in [-0.2, 0) is 10.2 Å². The zero-order chi connectivity index (χ0) is 14.0. The third kappa shape index (κ3) is 2.09. The minimum absolute atomic E-state index is 0.126. The van der Waals surface area contributed by atoms with Gasteiger partial charge in [-0.1, -0.05) is 50.6 Å². The molecule has 0 saturated carbocycles. The highest BCUT2D eigenvalue weighted by Gasteiger charge is 2.64. The first-order valence-corrected chi connectivity index (χ1v) is 5.64. The number of halogens is 3. The van der Waals surface area contributed by atoms with Gasteiger partial charge < -0.3 is 5.11 Å². The van der Waals surface area contributed by atoms with Crippen LogP contribution in [0.2, 0.25) is 0 Å². The number of aliphatic carboxylic acids is 1. The maximum atomic E-state index is 13.4. The Morgan fingerprint density at radius 2 is 1.78 bits per heavy atom. The molecule has 0 bridgehead atoms. The second-order valence-corrected chi connectivity index (χ2v) is 4.29. The van der Waals surface area contributed by atoms with Gasteiger partial charge in [0.05, 0.1) is 0 Å². The molecule has 5 heteroatoms. The SMILES string of the molecule is CCC(C)C(C(=O)O)(c1ccccc1)C(F)(F)F. The van der Waals surface area contributed by atoms with Crippen LogP contribution in [0.3, 0.4) is 0 Å². The van der Waals surface area contributed by atoms with E-state index in [-0.39, 0.29) is 12.0 Å². The number of alkyl halides is 3. The number of hydrogen-bond donors (Lipinski definition) is 1. The fourth-order valence-corrected chi connectivity index (χ4v) is 2.19. The van der Waals surface area contributed by atoms with Crippen LogP contribution in [-0.4, -0.2) is 17.3 Å². The Bertz CT molecular complexity index is 414. The van der Waals surface area contributed by atoms with Gasteiger partial charge in [-0.3, -0.25) is 4.79 Å². The van der Waals surface area contributed by atoms with Crippen LogP contribution in [0.25, 0.3) is 0 Å². The summed E-state index contributed by atoms with van der Waals surface area (Å²) in [5.74, 6) is -2.90. The van der Waals surface area contributed by atoms with Gasteiger partial charge >= 0.3 is 12.1 Å². The highest BCUT2D eigenvalue weighted by atomic mass is 19.4. The number of carboxylic acid groups (broad SMARTS) is 1. The van der Waals surface area contributed by atoms with Crippen molar-refractivity contribution in [2.45, 2.75) is 31.9 Å². The molecule has 0 aromatic heterocycles. The molecule has 0 aliphatic heterocycles. The van der Waals surface area contributed by atoms with Gasteiger partial charge in [0.15, 0.2) is 5.41 Å². The number of carboxylic acids is 1. The Kier molecular flexibility index (Phi) is 4.04. The first kappa shape index (κ1) is 14.5. The summed E-state index contributed by atoms with van der Waals surface area (Å²) in [4.78, 5) is 11.3. The number of hydrogen-bond acceptors (Lipinski definition) is 1. The molecule has 100 valence electrons. The van der Waals surface area contributed by atoms with Crippen LogP contribution in [0.5, 0.6) is 0 Å². The zero-order valence-electron chi connectivity index (χ0n) is 10.2. The number of carbonyl (C=O) groups is 1. The van der Waals surface area contributed by atoms with E-state index in [1.165, 1.54) is 31.2 Å². The number of rotatable bonds is 4. The second kappa shape index (κ2) is 5.00. The summed E-state index contributed by atoms with van der Waals surface area (Å²) in [5, 5.41) is 9.19. The molecule has 1 N–H and O–H groups in total. The summed E-state index contributed by atoms with van der Waals surface area (Å²) in [7, 11) is 0. The van der Waals surface area contributed by atoms with Crippen molar-refractivity contribution in [3.05, 3.63) is 35.9 Å². The highest BCUT2D eigenvalue weighted by molar-refractivity contribution is 5.83. The fraction of sp³-hybridized carbons (Fsp3) is 0.462. The van der Waals surface area contributed by atoms with E-state index in [1.807, 2.05) is 0 Å². The van der Waals surface area contributed by atoms with Crippen molar-refractivity contribution < 1.29 is 23.1 Å². The summed E-state index contributed by atoms with van der Waals surface area (Å²) in [6.45, 7) is 2.87. The van der Waals surface area contributed by atoms with E-state index in [2.05, 4.69) is 0 Å². The van der Waals surface area contributed by atoms with Crippen LogP contribution >= 0.6 is 0 Å². The van der Waals surface area contributed by atoms with Crippen molar-refractivity contribution in [1.29, 1.82) is 0 Å². The Morgan fingerprint density at radius 1 is 1.28 bits per heavy atom. The summed E-state index contributed by atoms with van der Waals surface area (Å²) >= 11 is 0. The van der Waals surface area contributed by atoms with Crippen molar-refractivity contribution in [1.82, 2.24) is 0 Å². The molecule has 0 amide bonds. The van der Waals surface area contributed by atoms with Crippen LogP contribution < -0.4 is 0 Å². The van der Waals surface area contributed by atoms with Crippen molar-refractivity contribution in [2.24, 2.45) is 5.92 Å². The van der Waals surface area contributed by atoms with Gasteiger partial charge in [0.1, 0.15) is 0 Å². The average molecular weight is 260 g/mol. The molecule has 2 nitrogen and oxygen atoms in total. The van der Waals surface area contributed by atoms with Crippen LogP contribution in [0, 0.1) is 5.92 Å². The van der Waals surface area contributed by atoms with Crippen molar-refractivity contribution in [3.63, 3.8) is 0 Å². The molecule has 0 radical (unpaired) electrons. The van der Waals surface area contributed by atoms with E-state index in [9.17, 15) is 23.1 Å². The third-order valence-corrected chi connectivity index (χ3v) is 3.37. The summed E-state index contributed by atoms with van der Waals surface area (Å²) in [6, 6.07) is 6.83. The third-order valence-electron chi connectivity index (χ3n) is 3.37. The van der Waals surface area contributed by atoms with Gasteiger partial charge in [-0.25, -0.2) is 0 Å². The zero-order valence-corrected chi connectivity index (χ0v) is 10.2. The van der Waals surface area contributed by atoms with Gasteiger partial charge in [0.2, 0.25) is 0 Å². The van der Waals surface area contributed by atoms with Gasteiger partial charge in [0.25, 0.3) is 0 Å². The number of benzene rings is 1. The molecule has 0 spiro atoms. The molecule has 0 aliphatic rings. The average Bonchev–Trinajstić information content (AvgIpc) is 2.28. The van der Waals surface area contributed by atoms with E-state index < -0.39 is 23.5 Å². The quantitative estimate of drug-likeness (QED) is 0.897. The molecule has 2 unspecified atom stereocenters. The monoisotopic (exact) mass is 260 g/mol. The minimum atomic E-state index is -4.84. The molecule has 1 aromatic rings. The smallest absolute Gasteiger partial charge is 0.409 e. The Hall–Kier alpha value is -1.52. The molecular formula is C13H15F3O2. The van der Waals surface area contributed by atoms with Gasteiger partial charge in [-0.15, -0.1) is 0 Å². The molecule has 0 heterocycles. The van der Waals surface area contributed by atoms with E-state index in [4.69, 9.17) is 0 Å². The second-order valence-electron chi connectivity index (χ2n) is 4.29. The molecular weight excluding hydrogens is 245 g/mol. The van der Waals surface area contributed by atoms with Crippen molar-refractivity contribution >= 4 is 5.97 Å². The Morgan fingerprint density at radius 3 is 2.11 bits per heavy atom. The molecule has 0 fully saturated rings. The Labute approximate surface area is 103 Å². The molecule has 1 rings (SSSR count). The van der Waals surface area contributed by atoms with Crippen molar-refractivity contribution in [2.75, 3.05) is 0 Å². The van der Waals surface area contributed by atoms with Gasteiger partial charge in [-0.05, 0) is 11.5 Å². The lowest BCUT2D eigenvalue weighted by molar-refractivity contribution is -0.216. The van der Waals surface area contributed by atoms with Crippen molar-refractivity contribution in [3.8, 4) is 0 Å². The van der Waals surface area contributed by atoms with E-state index >= 15 is 0 Å². The van der Waals surface area contributed by atoms with E-state index in [1.54, 1.807) is 13.0 Å². The molecule has 18 heavy (non-hydrogen) atoms. The molecule has 0 aliphatic carbocycles. The largest absolute Gasteiger partial charge is 0.480 e. The van der Waals surface area contributed by atoms with Crippen LogP contribution in [0.4, 0.5) is 13.2 Å². The molecule has 0 saturated heterocycles. The topological polar surface area (TPSA) is 37.3 Å². The molecule has 2 atom stereocenters. The predicted octanol–water partition coefficient (Wildman–Crippen LogP) is 3.62.